The van der Waals surface area contributed by atoms with Crippen molar-refractivity contribution in [3.63, 3.8) is 0 Å². The van der Waals surface area contributed by atoms with Crippen LogP contribution in [0, 0.1) is 13.8 Å². The summed E-state index contributed by atoms with van der Waals surface area (Å²) >= 11 is 3.66. The van der Waals surface area contributed by atoms with Crippen molar-refractivity contribution in [2.45, 2.75) is 76.3 Å². The second-order valence-electron chi connectivity index (χ2n) is 15.6. The third kappa shape index (κ3) is 6.91. The summed E-state index contributed by atoms with van der Waals surface area (Å²) in [4.78, 5) is 0. The number of benzene rings is 5. The molecule has 0 spiro atoms. The molecule has 49 heavy (non-hydrogen) atoms. The van der Waals surface area contributed by atoms with Gasteiger partial charge in [-0.2, -0.15) is 0 Å². The van der Waals surface area contributed by atoms with Crippen molar-refractivity contribution in [1.82, 2.24) is 0 Å². The molecule has 0 bridgehead atoms. The Hall–Kier alpha value is -2.54. The topological polar surface area (TPSA) is 0 Å². The predicted molar refractivity (Wildman–Crippen MR) is 202 cm³/mol. The fraction of sp³-hybridized carbons (Fsp3) is 0.267. The number of fused-ring (bicyclic) bond motifs is 4. The first kappa shape index (κ1) is 37.7. The molecule has 0 N–H and O–H groups in total. The van der Waals surface area contributed by atoms with Crippen molar-refractivity contribution in [3.05, 3.63) is 159 Å². The Bertz CT molecular complexity index is 2130. The summed E-state index contributed by atoms with van der Waals surface area (Å²) in [6.07, 6.45) is 10.6. The molecule has 0 amide bonds. The molecule has 2 aliphatic carbocycles. The number of aryl methyl sites for hydroxylation is 1. The molecule has 0 unspecified atom stereocenters. The van der Waals surface area contributed by atoms with E-state index in [1.807, 2.05) is 0 Å². The van der Waals surface area contributed by atoms with Crippen LogP contribution in [-0.4, -0.2) is 3.21 Å². The monoisotopic (exact) mass is 780 g/mol. The Balaban J connectivity index is 0.00000234. The molecule has 0 saturated carbocycles. The van der Waals surface area contributed by atoms with Gasteiger partial charge in [-0.15, -0.1) is 0 Å². The van der Waals surface area contributed by atoms with E-state index >= 15 is 0 Å². The standard InChI is InChI=1S/C23H29.C17H11Cl.C5H5.2ClH.Zr/c1-14-9-16-11-17-10-15(2)21(23(6,7)8)13-19(17)18(16)12-20(14)22(3,4)5;18-16-10-8-13(9-11-16)12-15-6-3-5-14-4-1-2-7-17(14)15;1-2-4-5-3-1;;;/h9,12-13H,11H2,1-8H3;1-11H;1-5H;2*1H;/q;;;;;+2/p-2. The van der Waals surface area contributed by atoms with Gasteiger partial charge in [0.25, 0.3) is 0 Å². The van der Waals surface area contributed by atoms with Crippen LogP contribution in [0.25, 0.3) is 21.9 Å². The van der Waals surface area contributed by atoms with Crippen molar-refractivity contribution in [3.8, 4) is 11.1 Å². The van der Waals surface area contributed by atoms with Crippen LogP contribution in [0.15, 0.2) is 109 Å². The van der Waals surface area contributed by atoms with E-state index in [-0.39, 0.29) is 35.6 Å². The van der Waals surface area contributed by atoms with E-state index < -0.39 is 21.3 Å². The maximum absolute atomic E-state index is 6.55. The average Bonchev–Trinajstić information content (AvgIpc) is 3.67. The maximum Gasteiger partial charge on any atom is -1.00 e. The van der Waals surface area contributed by atoms with Gasteiger partial charge in [-0.1, -0.05) is 0 Å². The van der Waals surface area contributed by atoms with E-state index in [4.69, 9.17) is 11.6 Å². The zero-order valence-corrected chi connectivity index (χ0v) is 34.5. The third-order valence-corrected chi connectivity index (χ3v) is 18.8. The zero-order chi connectivity index (χ0) is 33.2. The molecule has 250 valence electrons. The summed E-state index contributed by atoms with van der Waals surface area (Å²) in [6.45, 7) is 19.0. The molecule has 0 heterocycles. The number of rotatable bonds is 4. The molecule has 5 aromatic rings. The van der Waals surface area contributed by atoms with Gasteiger partial charge in [0.2, 0.25) is 0 Å². The maximum atomic E-state index is 6.55. The fourth-order valence-corrected chi connectivity index (χ4v) is 17.1. The van der Waals surface area contributed by atoms with E-state index in [1.54, 1.807) is 12.0 Å². The number of hydrogen-bond acceptors (Lipinski definition) is 0. The molecular formula is C45H45Cl3Zr. The van der Waals surface area contributed by atoms with E-state index in [2.05, 4.69) is 165 Å². The first-order chi connectivity index (χ1) is 22.3. The summed E-state index contributed by atoms with van der Waals surface area (Å²) in [5.41, 5.74) is 14.6. The largest absolute Gasteiger partial charge is 1.00 e. The summed E-state index contributed by atoms with van der Waals surface area (Å²) in [5.74, 6) is 0. The van der Waals surface area contributed by atoms with Crippen LogP contribution in [0.2, 0.25) is 8.65 Å². The number of allylic oxidation sites excluding steroid dienone is 4. The van der Waals surface area contributed by atoms with Crippen molar-refractivity contribution >= 4 is 28.9 Å². The fourth-order valence-electron chi connectivity index (χ4n) is 8.16. The van der Waals surface area contributed by atoms with E-state index in [0.29, 0.717) is 3.63 Å². The molecule has 0 atom stereocenters. The van der Waals surface area contributed by atoms with Crippen LogP contribution in [0.5, 0.6) is 0 Å². The molecule has 0 saturated heterocycles. The molecule has 2 aliphatic rings. The Labute approximate surface area is 318 Å². The van der Waals surface area contributed by atoms with Crippen LogP contribution in [0.3, 0.4) is 0 Å². The van der Waals surface area contributed by atoms with Gasteiger partial charge in [-0.3, -0.25) is 0 Å². The molecule has 5 aromatic carbocycles. The van der Waals surface area contributed by atoms with Crippen LogP contribution >= 0.6 is 11.6 Å². The van der Waals surface area contributed by atoms with Gasteiger partial charge in [0.15, 0.2) is 0 Å². The van der Waals surface area contributed by atoms with Gasteiger partial charge in [-0.05, 0) is 0 Å². The SMILES string of the molecule is Cc1cc2c(cc1C(C)(C)C)-c1cc(C(C)(C)C)c(C)[c]([Zr+2](=[C](c3ccc(Cl)cc3)c3cccc4ccccc34)[CH]3C=CC=C3)c1C2.[Cl-].[Cl-]. The van der Waals surface area contributed by atoms with Gasteiger partial charge in [0.05, 0.1) is 0 Å². The van der Waals surface area contributed by atoms with Crippen LogP contribution in [-0.2, 0) is 38.5 Å². The first-order valence-electron chi connectivity index (χ1n) is 17.0. The van der Waals surface area contributed by atoms with E-state index in [1.165, 1.54) is 60.8 Å². The predicted octanol–water partition coefficient (Wildman–Crippen LogP) is 5.71. The summed E-state index contributed by atoms with van der Waals surface area (Å²) in [6, 6.07) is 32.1. The van der Waals surface area contributed by atoms with Gasteiger partial charge in [0, 0.05) is 0 Å². The van der Waals surface area contributed by atoms with Crippen LogP contribution in [0.1, 0.15) is 86.1 Å². The molecule has 7 rings (SSSR count). The minimum Gasteiger partial charge on any atom is -1.00 e. The Morgan fingerprint density at radius 2 is 1.33 bits per heavy atom. The van der Waals surface area contributed by atoms with Gasteiger partial charge in [0.1, 0.15) is 0 Å². The normalized spacial score (nSPS) is 13.9. The van der Waals surface area contributed by atoms with Crippen LogP contribution < -0.4 is 28.1 Å². The Morgan fingerprint density at radius 1 is 0.714 bits per heavy atom. The van der Waals surface area contributed by atoms with Gasteiger partial charge < -0.3 is 24.8 Å². The molecule has 0 aliphatic heterocycles. The second-order valence-corrected chi connectivity index (χ2v) is 22.1. The van der Waals surface area contributed by atoms with Gasteiger partial charge >= 0.3 is 296 Å². The summed E-state index contributed by atoms with van der Waals surface area (Å²) in [7, 11) is 0. The second kappa shape index (κ2) is 14.2. The third-order valence-electron chi connectivity index (χ3n) is 10.2. The summed E-state index contributed by atoms with van der Waals surface area (Å²) < 4.78 is 3.65. The van der Waals surface area contributed by atoms with Crippen molar-refractivity contribution < 1.29 is 46.1 Å². The molecule has 0 nitrogen and oxygen atoms in total. The summed E-state index contributed by atoms with van der Waals surface area (Å²) in [5, 5.41) is 3.41. The molecule has 0 fully saturated rings. The zero-order valence-electron chi connectivity index (χ0n) is 29.8. The average molecular weight is 783 g/mol. The smallest absolute Gasteiger partial charge is 1.00 e. The minimum atomic E-state index is -2.89. The number of halogens is 3. The van der Waals surface area contributed by atoms with E-state index in [0.717, 1.165) is 11.4 Å². The minimum absolute atomic E-state index is 0. The first-order valence-corrected chi connectivity index (χ1v) is 21.2. The molecule has 4 heteroatoms. The van der Waals surface area contributed by atoms with Crippen molar-refractivity contribution in [2.24, 2.45) is 0 Å². The number of hydrogen-bond donors (Lipinski definition) is 0. The quantitative estimate of drug-likeness (QED) is 0.215. The van der Waals surface area contributed by atoms with Gasteiger partial charge in [-0.25, -0.2) is 0 Å². The van der Waals surface area contributed by atoms with Crippen molar-refractivity contribution in [1.29, 1.82) is 0 Å². The van der Waals surface area contributed by atoms with E-state index in [9.17, 15) is 0 Å². The molecular weight excluding hydrogens is 738 g/mol. The van der Waals surface area contributed by atoms with Crippen molar-refractivity contribution in [2.75, 3.05) is 0 Å². The molecule has 0 aromatic heterocycles. The Morgan fingerprint density at radius 3 is 1.98 bits per heavy atom. The molecule has 0 radical (unpaired) electrons. The Kier molecular flexibility index (Phi) is 11.0. The van der Waals surface area contributed by atoms with Crippen LogP contribution in [0.4, 0.5) is 0 Å².